The topological polar surface area (TPSA) is 209 Å². The monoisotopic (exact) mass is 740 g/mol. The van der Waals surface area contributed by atoms with E-state index in [1.54, 1.807) is 80.6 Å². The number of aromatic hydroxyl groups is 1. The molecule has 0 aromatic heterocycles. The van der Waals surface area contributed by atoms with Gasteiger partial charge in [-0.2, -0.15) is 0 Å². The fourth-order valence-corrected chi connectivity index (χ4v) is 5.54. The minimum atomic E-state index is -1.18. The quantitative estimate of drug-likeness (QED) is 0.0913. The third-order valence-corrected chi connectivity index (χ3v) is 8.55. The normalized spacial score (nSPS) is 14.0. The van der Waals surface area contributed by atoms with Gasteiger partial charge in [0.2, 0.25) is 35.4 Å². The van der Waals surface area contributed by atoms with Crippen LogP contribution in [0.15, 0.2) is 91.0 Å². The number of carbonyl (C=O) groups is 6. The summed E-state index contributed by atoms with van der Waals surface area (Å²) in [6, 6.07) is 19.1. The van der Waals surface area contributed by atoms with Gasteiger partial charge in [0.05, 0.1) is 0 Å². The zero-order valence-electron chi connectivity index (χ0n) is 31.4. The molecule has 0 aliphatic rings. The predicted molar refractivity (Wildman–Crippen MR) is 206 cm³/mol. The number of amides is 6. The molecule has 0 radical (unpaired) electrons. The van der Waals surface area contributed by atoms with Crippen LogP contribution in [0.2, 0.25) is 0 Å². The summed E-state index contributed by atoms with van der Waals surface area (Å²) >= 11 is 0. The van der Waals surface area contributed by atoms with Crippen LogP contribution in [0.1, 0.15) is 57.7 Å². The molecule has 3 aromatic rings. The highest BCUT2D eigenvalue weighted by atomic mass is 16.3. The maximum atomic E-state index is 14.0. The molecule has 0 saturated carbocycles. The Morgan fingerprint density at radius 2 is 1.09 bits per heavy atom. The first-order valence-electron chi connectivity index (χ1n) is 18.0. The number of carbonyl (C=O) groups excluding carboxylic acids is 6. The number of hydrogen-bond donors (Lipinski definition) is 7. The lowest BCUT2D eigenvalue weighted by molar-refractivity contribution is -0.135. The zero-order chi connectivity index (χ0) is 39.8. The van der Waals surface area contributed by atoms with E-state index in [1.807, 2.05) is 26.0 Å². The zero-order valence-corrected chi connectivity index (χ0v) is 31.4. The minimum Gasteiger partial charge on any atom is -0.507 e. The number of phenolic OH excluding ortho intramolecular Hbond substituents is 1. The second kappa shape index (κ2) is 20.9. The van der Waals surface area contributed by atoms with Crippen molar-refractivity contribution in [2.45, 2.75) is 84.1 Å². The van der Waals surface area contributed by atoms with Crippen LogP contribution >= 0.6 is 0 Å². The number of nitrogens with two attached hydrogens (primary N) is 1. The van der Waals surface area contributed by atoms with Crippen molar-refractivity contribution < 1.29 is 33.9 Å². The van der Waals surface area contributed by atoms with Crippen LogP contribution in [0.3, 0.4) is 0 Å². The summed E-state index contributed by atoms with van der Waals surface area (Å²) in [4.78, 5) is 79.6. The Labute approximate surface area is 316 Å². The van der Waals surface area contributed by atoms with Crippen LogP contribution in [0.4, 0.5) is 0 Å². The predicted octanol–water partition coefficient (Wildman–Crippen LogP) is 2.52. The molecule has 0 saturated heterocycles. The van der Waals surface area contributed by atoms with E-state index in [9.17, 15) is 33.9 Å². The molecule has 0 aliphatic carbocycles. The third kappa shape index (κ3) is 13.9. The molecule has 0 aliphatic heterocycles. The van der Waals surface area contributed by atoms with Crippen molar-refractivity contribution in [3.8, 4) is 5.75 Å². The molecule has 8 N–H and O–H groups in total. The van der Waals surface area contributed by atoms with Gasteiger partial charge >= 0.3 is 0 Å². The van der Waals surface area contributed by atoms with Crippen LogP contribution in [0.25, 0.3) is 6.08 Å². The number of para-hydroxylation sites is 1. The lowest BCUT2D eigenvalue weighted by Gasteiger charge is -2.28. The number of rotatable bonds is 19. The Hall–Kier alpha value is -5.98. The van der Waals surface area contributed by atoms with Gasteiger partial charge in [-0.3, -0.25) is 28.8 Å². The van der Waals surface area contributed by atoms with Crippen LogP contribution in [0, 0.1) is 11.8 Å². The lowest BCUT2D eigenvalue weighted by atomic mass is 9.98. The average molecular weight is 741 g/mol. The Balaban J connectivity index is 1.83. The molecular weight excluding hydrogens is 688 g/mol. The third-order valence-electron chi connectivity index (χ3n) is 8.55. The fourth-order valence-electron chi connectivity index (χ4n) is 5.54. The van der Waals surface area contributed by atoms with Crippen LogP contribution in [-0.4, -0.2) is 70.8 Å². The van der Waals surface area contributed by atoms with Gasteiger partial charge < -0.3 is 37.4 Å². The fraction of sp³-hybridized carbons (Fsp3) is 0.366. The maximum Gasteiger partial charge on any atom is 0.244 e. The second-order valence-corrected chi connectivity index (χ2v) is 13.9. The van der Waals surface area contributed by atoms with Gasteiger partial charge in [0.1, 0.15) is 36.0 Å². The summed E-state index contributed by atoms with van der Waals surface area (Å²) in [5, 5.41) is 23.6. The largest absolute Gasteiger partial charge is 0.507 e. The highest BCUT2D eigenvalue weighted by molar-refractivity contribution is 5.98. The van der Waals surface area contributed by atoms with Gasteiger partial charge in [0, 0.05) is 24.5 Å². The van der Waals surface area contributed by atoms with Crippen LogP contribution < -0.4 is 32.3 Å². The number of phenols is 1. The summed E-state index contributed by atoms with van der Waals surface area (Å²) in [6.07, 6.45) is 3.07. The first-order chi connectivity index (χ1) is 25.6. The van der Waals surface area contributed by atoms with E-state index in [0.717, 1.165) is 11.1 Å². The minimum absolute atomic E-state index is 0.000430. The molecule has 288 valence electrons. The maximum absolute atomic E-state index is 14.0. The van der Waals surface area contributed by atoms with Gasteiger partial charge in [0.15, 0.2) is 0 Å². The van der Waals surface area contributed by atoms with Crippen LogP contribution in [-0.2, 0) is 41.6 Å². The molecule has 6 amide bonds. The van der Waals surface area contributed by atoms with E-state index in [2.05, 4.69) is 26.6 Å². The van der Waals surface area contributed by atoms with E-state index in [-0.39, 0.29) is 30.9 Å². The Morgan fingerprint density at radius 3 is 1.59 bits per heavy atom. The van der Waals surface area contributed by atoms with Gasteiger partial charge in [-0.25, -0.2) is 0 Å². The molecule has 5 atom stereocenters. The highest BCUT2D eigenvalue weighted by Gasteiger charge is 2.33. The first kappa shape index (κ1) is 42.4. The summed E-state index contributed by atoms with van der Waals surface area (Å²) in [7, 11) is 0. The van der Waals surface area contributed by atoms with E-state index < -0.39 is 71.6 Å². The van der Waals surface area contributed by atoms with Crippen molar-refractivity contribution in [2.75, 3.05) is 0 Å². The summed E-state index contributed by atoms with van der Waals surface area (Å²) in [6.45, 7) is 8.70. The number of primary amides is 1. The molecule has 0 unspecified atom stereocenters. The van der Waals surface area contributed by atoms with E-state index in [4.69, 9.17) is 5.73 Å². The summed E-state index contributed by atoms with van der Waals surface area (Å²) in [5.74, 6) is -4.28. The van der Waals surface area contributed by atoms with Crippen molar-refractivity contribution in [3.05, 3.63) is 108 Å². The molecular formula is C41H52N6O7. The number of benzene rings is 3. The van der Waals surface area contributed by atoms with Crippen molar-refractivity contribution in [1.29, 1.82) is 0 Å². The van der Waals surface area contributed by atoms with Crippen molar-refractivity contribution in [3.63, 3.8) is 0 Å². The molecule has 13 nitrogen and oxygen atoms in total. The van der Waals surface area contributed by atoms with Gasteiger partial charge in [0.25, 0.3) is 0 Å². The number of hydrogen-bond acceptors (Lipinski definition) is 7. The summed E-state index contributed by atoms with van der Waals surface area (Å²) < 4.78 is 0. The van der Waals surface area contributed by atoms with E-state index in [1.165, 1.54) is 25.1 Å². The molecule has 3 rings (SSSR count). The molecule has 0 bridgehead atoms. The van der Waals surface area contributed by atoms with Gasteiger partial charge in [-0.15, -0.1) is 0 Å². The van der Waals surface area contributed by atoms with Crippen LogP contribution in [0.5, 0.6) is 5.75 Å². The Kier molecular flexibility index (Phi) is 16.4. The van der Waals surface area contributed by atoms with Crippen molar-refractivity contribution in [2.24, 2.45) is 17.6 Å². The first-order valence-corrected chi connectivity index (χ1v) is 18.0. The molecule has 0 fully saturated rings. The highest BCUT2D eigenvalue weighted by Crippen LogP contribution is 2.17. The number of nitrogens with one attached hydrogen (secondary N) is 5. The molecule has 13 heteroatoms. The lowest BCUT2D eigenvalue weighted by Crippen LogP contribution is -2.60. The molecule has 0 spiro atoms. The standard InChI is InChI=1S/C41H52N6O7/c1-25(2)22-31(44-35(49)21-20-30-18-12-13-19-34(30)48)40(53)47-36(26(3)4)41(54)46-33(24-29-16-10-7-11-17-29)39(52)45-32(23-28-14-8-6-9-15-28)38(51)43-27(5)37(42)50/h6-21,25-27,31-33,36,48H,22-24H2,1-5H3,(H2,42,50)(H,43,51)(H,44,49)(H,45,52)(H,46,54)(H,47,53)/b21-20+/t27-,31-,32-,33-,36-/m1/s1. The van der Waals surface area contributed by atoms with Crippen molar-refractivity contribution >= 4 is 41.5 Å². The smallest absolute Gasteiger partial charge is 0.244 e. The van der Waals surface area contributed by atoms with Gasteiger partial charge in [-0.1, -0.05) is 107 Å². The van der Waals surface area contributed by atoms with Crippen molar-refractivity contribution in [1.82, 2.24) is 26.6 Å². The second-order valence-electron chi connectivity index (χ2n) is 13.9. The Bertz CT molecular complexity index is 1760. The SMILES string of the molecule is CC(C)C[C@@H](NC(=O)/C=C/c1ccccc1O)C(=O)N[C@@H](C(=O)N[C@H](Cc1ccccc1)C(=O)N[C@H](Cc1ccccc1)C(=O)N[C@H](C)C(N)=O)C(C)C. The van der Waals surface area contributed by atoms with E-state index in [0.29, 0.717) is 5.56 Å². The Morgan fingerprint density at radius 1 is 0.611 bits per heavy atom. The van der Waals surface area contributed by atoms with E-state index >= 15 is 0 Å². The summed E-state index contributed by atoms with van der Waals surface area (Å²) in [5.41, 5.74) is 7.27. The average Bonchev–Trinajstić information content (AvgIpc) is 3.12. The molecule has 0 heterocycles. The van der Waals surface area contributed by atoms with Gasteiger partial charge in [-0.05, 0) is 48.4 Å². The molecule has 54 heavy (non-hydrogen) atoms. The molecule has 3 aromatic carbocycles.